The second-order valence-electron chi connectivity index (χ2n) is 6.48. The van der Waals surface area contributed by atoms with E-state index in [0.29, 0.717) is 6.04 Å². The molecule has 1 unspecified atom stereocenters. The molecule has 0 saturated heterocycles. The van der Waals surface area contributed by atoms with Crippen LogP contribution in [-0.2, 0) is 19.9 Å². The van der Waals surface area contributed by atoms with E-state index in [9.17, 15) is 0 Å². The Bertz CT molecular complexity index is 647. The van der Waals surface area contributed by atoms with Gasteiger partial charge in [0.25, 0.3) is 0 Å². The van der Waals surface area contributed by atoms with Gasteiger partial charge in [-0.2, -0.15) is 5.10 Å². The summed E-state index contributed by atoms with van der Waals surface area (Å²) in [7, 11) is 1.89. The van der Waals surface area contributed by atoms with Crippen LogP contribution in [0.25, 0.3) is 0 Å². The first kappa shape index (κ1) is 14.5. The molecule has 2 aromatic rings. The molecule has 1 heterocycles. The second-order valence-corrected chi connectivity index (χ2v) is 6.92. The molecule has 0 aliphatic heterocycles. The number of aromatic nitrogens is 3. The fourth-order valence-corrected chi connectivity index (χ4v) is 3.40. The highest BCUT2D eigenvalue weighted by atomic mass is 35.5. The van der Waals surface area contributed by atoms with Crippen molar-refractivity contribution in [3.05, 3.63) is 46.5 Å². The summed E-state index contributed by atoms with van der Waals surface area (Å²) < 4.78 is 1.74. The molecule has 0 amide bonds. The molecule has 1 aliphatic carbocycles. The van der Waals surface area contributed by atoms with E-state index in [4.69, 9.17) is 11.6 Å². The highest BCUT2D eigenvalue weighted by Crippen LogP contribution is 2.45. The maximum atomic E-state index is 6.16. The van der Waals surface area contributed by atoms with E-state index < -0.39 is 0 Å². The van der Waals surface area contributed by atoms with E-state index >= 15 is 0 Å². The predicted molar refractivity (Wildman–Crippen MR) is 84.4 cm³/mol. The third kappa shape index (κ3) is 2.97. The van der Waals surface area contributed by atoms with Crippen LogP contribution in [0.2, 0.25) is 5.02 Å². The molecule has 5 heteroatoms. The van der Waals surface area contributed by atoms with Gasteiger partial charge in [-0.05, 0) is 35.1 Å². The minimum absolute atomic E-state index is 0.199. The summed E-state index contributed by atoms with van der Waals surface area (Å²) in [5.41, 5.74) is 2.93. The van der Waals surface area contributed by atoms with Gasteiger partial charge in [0.15, 0.2) is 5.82 Å². The molecule has 0 radical (unpaired) electrons. The quantitative estimate of drug-likeness (QED) is 0.944. The van der Waals surface area contributed by atoms with Crippen LogP contribution >= 0.6 is 11.6 Å². The molecule has 1 aromatic heterocycles. The average molecular weight is 305 g/mol. The van der Waals surface area contributed by atoms with Crippen LogP contribution in [0.3, 0.4) is 0 Å². The number of hydrogen-bond acceptors (Lipinski definition) is 3. The van der Waals surface area contributed by atoms with E-state index in [1.807, 2.05) is 13.1 Å². The number of nitrogens with zero attached hydrogens (tertiary/aromatic N) is 3. The summed E-state index contributed by atoms with van der Waals surface area (Å²) in [5.74, 6) is 0.882. The zero-order valence-electron chi connectivity index (χ0n) is 12.7. The number of rotatable bonds is 4. The predicted octanol–water partition coefficient (Wildman–Crippen LogP) is 2.92. The van der Waals surface area contributed by atoms with Crippen molar-refractivity contribution in [1.29, 1.82) is 0 Å². The molecule has 21 heavy (non-hydrogen) atoms. The minimum atomic E-state index is 0.199. The molecule has 1 atom stereocenters. The van der Waals surface area contributed by atoms with Crippen molar-refractivity contribution in [2.24, 2.45) is 12.5 Å². The number of nitrogens with one attached hydrogen (secondary N) is 1. The smallest absolute Gasteiger partial charge is 0.151 e. The molecule has 3 rings (SSSR count). The first-order valence-electron chi connectivity index (χ1n) is 7.32. The summed E-state index contributed by atoms with van der Waals surface area (Å²) in [6, 6.07) is 6.57. The van der Waals surface area contributed by atoms with E-state index in [0.717, 1.165) is 30.2 Å². The molecule has 0 saturated carbocycles. The first-order valence-corrected chi connectivity index (χ1v) is 7.70. The van der Waals surface area contributed by atoms with Crippen LogP contribution < -0.4 is 5.32 Å². The van der Waals surface area contributed by atoms with Crippen LogP contribution in [0.15, 0.2) is 24.5 Å². The summed E-state index contributed by atoms with van der Waals surface area (Å²) in [5, 5.41) is 8.79. The van der Waals surface area contributed by atoms with E-state index in [-0.39, 0.29) is 5.41 Å². The molecule has 0 bridgehead atoms. The Morgan fingerprint density at radius 1 is 1.43 bits per heavy atom. The Morgan fingerprint density at radius 3 is 2.95 bits per heavy atom. The molecular weight excluding hydrogens is 284 g/mol. The lowest BCUT2D eigenvalue weighted by Gasteiger charge is -2.28. The summed E-state index contributed by atoms with van der Waals surface area (Å²) in [6.45, 7) is 5.47. The van der Waals surface area contributed by atoms with Crippen molar-refractivity contribution < 1.29 is 0 Å². The third-order valence-electron chi connectivity index (χ3n) is 4.19. The van der Waals surface area contributed by atoms with E-state index in [1.54, 1.807) is 11.0 Å². The lowest BCUT2D eigenvalue weighted by atomic mass is 9.85. The molecule has 4 nitrogen and oxygen atoms in total. The normalized spacial score (nSPS) is 19.7. The van der Waals surface area contributed by atoms with Gasteiger partial charge in [-0.3, -0.25) is 4.68 Å². The van der Waals surface area contributed by atoms with Crippen LogP contribution in [0.5, 0.6) is 0 Å². The van der Waals surface area contributed by atoms with Gasteiger partial charge in [-0.15, -0.1) is 0 Å². The topological polar surface area (TPSA) is 42.7 Å². The molecule has 1 aromatic carbocycles. The van der Waals surface area contributed by atoms with Crippen LogP contribution in [0.4, 0.5) is 0 Å². The van der Waals surface area contributed by atoms with Gasteiger partial charge >= 0.3 is 0 Å². The van der Waals surface area contributed by atoms with Crippen molar-refractivity contribution in [1.82, 2.24) is 20.1 Å². The van der Waals surface area contributed by atoms with Gasteiger partial charge < -0.3 is 5.32 Å². The number of hydrogen-bond donors (Lipinski definition) is 1. The Labute approximate surface area is 130 Å². The largest absolute Gasteiger partial charge is 0.309 e. The monoisotopic (exact) mass is 304 g/mol. The molecule has 112 valence electrons. The lowest BCUT2D eigenvalue weighted by molar-refractivity contribution is 0.270. The highest BCUT2D eigenvalue weighted by Gasteiger charge is 2.38. The summed E-state index contributed by atoms with van der Waals surface area (Å²) in [6.07, 6.45) is 3.66. The van der Waals surface area contributed by atoms with Gasteiger partial charge in [0.1, 0.15) is 6.33 Å². The summed E-state index contributed by atoms with van der Waals surface area (Å²) in [4.78, 5) is 4.27. The van der Waals surface area contributed by atoms with Crippen molar-refractivity contribution in [2.75, 3.05) is 6.54 Å². The minimum Gasteiger partial charge on any atom is -0.309 e. The van der Waals surface area contributed by atoms with Crippen LogP contribution in [0, 0.1) is 5.41 Å². The van der Waals surface area contributed by atoms with E-state index in [2.05, 4.69) is 41.4 Å². The van der Waals surface area contributed by atoms with Crippen LogP contribution in [0.1, 0.15) is 36.8 Å². The second kappa shape index (κ2) is 5.43. The third-order valence-corrected chi connectivity index (χ3v) is 4.43. The molecule has 0 spiro atoms. The van der Waals surface area contributed by atoms with Gasteiger partial charge in [0, 0.05) is 31.1 Å². The number of halogens is 1. The van der Waals surface area contributed by atoms with Crippen LogP contribution in [-0.4, -0.2) is 21.3 Å². The van der Waals surface area contributed by atoms with Gasteiger partial charge in [-0.25, -0.2) is 4.98 Å². The fourth-order valence-electron chi connectivity index (χ4n) is 3.22. The Hall–Kier alpha value is -1.39. The van der Waals surface area contributed by atoms with Gasteiger partial charge in [-0.1, -0.05) is 31.5 Å². The SMILES string of the molecule is Cn1cnc(CCNC2c3cc(Cl)ccc3CC2(C)C)n1. The average Bonchev–Trinajstić information content (AvgIpc) is 2.92. The molecule has 1 N–H and O–H groups in total. The standard InChI is InChI=1S/C16H21ClN4/c1-16(2)9-11-4-5-12(17)8-13(11)15(16)18-7-6-14-19-10-21(3)20-14/h4-5,8,10,15,18H,6-7,9H2,1-3H3. The van der Waals surface area contributed by atoms with Crippen molar-refractivity contribution in [3.8, 4) is 0 Å². The van der Waals surface area contributed by atoms with E-state index in [1.165, 1.54) is 11.1 Å². The Kier molecular flexibility index (Phi) is 3.76. The fraction of sp³-hybridized carbons (Fsp3) is 0.500. The maximum absolute atomic E-state index is 6.16. The lowest BCUT2D eigenvalue weighted by Crippen LogP contribution is -2.32. The van der Waals surface area contributed by atoms with Gasteiger partial charge in [0.05, 0.1) is 0 Å². The zero-order valence-corrected chi connectivity index (χ0v) is 13.5. The summed E-state index contributed by atoms with van der Waals surface area (Å²) >= 11 is 6.16. The van der Waals surface area contributed by atoms with Gasteiger partial charge in [0.2, 0.25) is 0 Å². The molecule has 1 aliphatic rings. The van der Waals surface area contributed by atoms with Crippen molar-refractivity contribution >= 4 is 11.6 Å². The zero-order chi connectivity index (χ0) is 15.0. The maximum Gasteiger partial charge on any atom is 0.151 e. The number of fused-ring (bicyclic) bond motifs is 1. The Balaban J connectivity index is 1.71. The van der Waals surface area contributed by atoms with Crippen molar-refractivity contribution in [2.45, 2.75) is 32.7 Å². The van der Waals surface area contributed by atoms with Crippen molar-refractivity contribution in [3.63, 3.8) is 0 Å². The number of aryl methyl sites for hydroxylation is 1. The molecular formula is C16H21ClN4. The Morgan fingerprint density at radius 2 is 2.24 bits per heavy atom. The first-order chi connectivity index (χ1) is 9.95. The molecule has 0 fully saturated rings. The highest BCUT2D eigenvalue weighted by molar-refractivity contribution is 6.30. The number of benzene rings is 1.